The Kier molecular flexibility index (Phi) is 7.94. The summed E-state index contributed by atoms with van der Waals surface area (Å²) < 4.78 is 53.7. The second-order valence-electron chi connectivity index (χ2n) is 8.09. The molecule has 1 N–H and O–H groups in total. The van der Waals surface area contributed by atoms with Gasteiger partial charge in [-0.15, -0.1) is 0 Å². The first-order valence-electron chi connectivity index (χ1n) is 11.1. The van der Waals surface area contributed by atoms with Crippen molar-refractivity contribution in [2.75, 3.05) is 31.5 Å². The molecule has 0 spiro atoms. The van der Waals surface area contributed by atoms with Crippen molar-refractivity contribution >= 4 is 31.6 Å². The van der Waals surface area contributed by atoms with Gasteiger partial charge in [-0.1, -0.05) is 31.5 Å². The molecule has 0 atom stereocenters. The SMILES string of the molecule is CCN(CC)S(=O)(=O)c1ccc(NC(=O)C2CCN(S(=O)(=O)c3ccc(C)cc3)CC2)cc1. The summed E-state index contributed by atoms with van der Waals surface area (Å²) in [5, 5.41) is 2.82. The number of carbonyl (C=O) groups is 1. The van der Waals surface area contributed by atoms with Gasteiger partial charge in [-0.05, 0) is 56.2 Å². The van der Waals surface area contributed by atoms with Gasteiger partial charge >= 0.3 is 0 Å². The summed E-state index contributed by atoms with van der Waals surface area (Å²) in [4.78, 5) is 13.1. The highest BCUT2D eigenvalue weighted by atomic mass is 32.2. The van der Waals surface area contributed by atoms with Crippen LogP contribution in [0.5, 0.6) is 0 Å². The number of aryl methyl sites for hydroxylation is 1. The van der Waals surface area contributed by atoms with E-state index in [-0.39, 0.29) is 34.7 Å². The van der Waals surface area contributed by atoms with E-state index in [2.05, 4.69) is 5.32 Å². The molecule has 180 valence electrons. The van der Waals surface area contributed by atoms with Gasteiger partial charge in [-0.25, -0.2) is 16.8 Å². The maximum absolute atomic E-state index is 12.8. The lowest BCUT2D eigenvalue weighted by molar-refractivity contribution is -0.120. The van der Waals surface area contributed by atoms with Crippen molar-refractivity contribution in [2.45, 2.75) is 43.4 Å². The van der Waals surface area contributed by atoms with Crippen LogP contribution in [0, 0.1) is 12.8 Å². The van der Waals surface area contributed by atoms with Gasteiger partial charge in [0.2, 0.25) is 26.0 Å². The van der Waals surface area contributed by atoms with Crippen LogP contribution in [0.4, 0.5) is 5.69 Å². The number of hydrogen-bond acceptors (Lipinski definition) is 5. The monoisotopic (exact) mass is 493 g/mol. The molecule has 1 aliphatic heterocycles. The Hall–Kier alpha value is -2.27. The predicted molar refractivity (Wildman–Crippen MR) is 128 cm³/mol. The average Bonchev–Trinajstić information content (AvgIpc) is 2.80. The Morgan fingerprint density at radius 1 is 0.909 bits per heavy atom. The van der Waals surface area contributed by atoms with Crippen LogP contribution in [0.25, 0.3) is 0 Å². The lowest BCUT2D eigenvalue weighted by atomic mass is 9.97. The molecule has 1 fully saturated rings. The van der Waals surface area contributed by atoms with E-state index < -0.39 is 20.0 Å². The molecule has 1 heterocycles. The molecule has 8 nitrogen and oxygen atoms in total. The van der Waals surface area contributed by atoms with Crippen LogP contribution >= 0.6 is 0 Å². The van der Waals surface area contributed by atoms with Crippen molar-refractivity contribution < 1.29 is 21.6 Å². The van der Waals surface area contributed by atoms with E-state index in [1.54, 1.807) is 50.2 Å². The average molecular weight is 494 g/mol. The molecule has 0 aliphatic carbocycles. The van der Waals surface area contributed by atoms with E-state index in [9.17, 15) is 21.6 Å². The molecule has 1 aliphatic rings. The topological polar surface area (TPSA) is 104 Å². The minimum atomic E-state index is -3.58. The summed E-state index contributed by atoms with van der Waals surface area (Å²) in [6, 6.07) is 12.9. The quantitative estimate of drug-likeness (QED) is 0.609. The standard InChI is InChI=1S/C23H31N3O5S2/c1-4-25(5-2)32(28,29)22-12-8-20(9-13-22)24-23(27)19-14-16-26(17-15-19)33(30,31)21-10-6-18(3)7-11-21/h6-13,19H,4-5,14-17H2,1-3H3,(H,24,27). The molecule has 10 heteroatoms. The zero-order valence-corrected chi connectivity index (χ0v) is 20.8. The Morgan fingerprint density at radius 3 is 1.94 bits per heavy atom. The normalized spacial score (nSPS) is 16.1. The van der Waals surface area contributed by atoms with E-state index in [0.29, 0.717) is 31.6 Å². The fourth-order valence-corrected chi connectivity index (χ4v) is 6.81. The summed E-state index contributed by atoms with van der Waals surface area (Å²) in [5.74, 6) is -0.504. The van der Waals surface area contributed by atoms with Gasteiger partial charge in [-0.2, -0.15) is 8.61 Å². The molecular weight excluding hydrogens is 462 g/mol. The number of amides is 1. The van der Waals surface area contributed by atoms with Crippen LogP contribution < -0.4 is 5.32 Å². The summed E-state index contributed by atoms with van der Waals surface area (Å²) >= 11 is 0. The van der Waals surface area contributed by atoms with Gasteiger partial charge in [0.15, 0.2) is 0 Å². The highest BCUT2D eigenvalue weighted by Crippen LogP contribution is 2.25. The number of benzene rings is 2. The molecule has 3 rings (SSSR count). The maximum Gasteiger partial charge on any atom is 0.243 e. The highest BCUT2D eigenvalue weighted by molar-refractivity contribution is 7.89. The number of sulfonamides is 2. The molecule has 2 aromatic rings. The molecule has 0 radical (unpaired) electrons. The molecule has 1 saturated heterocycles. The van der Waals surface area contributed by atoms with Crippen molar-refractivity contribution in [3.05, 3.63) is 54.1 Å². The van der Waals surface area contributed by atoms with Crippen molar-refractivity contribution in [3.8, 4) is 0 Å². The third kappa shape index (κ3) is 5.63. The second kappa shape index (κ2) is 10.3. The summed E-state index contributed by atoms with van der Waals surface area (Å²) in [7, 11) is -7.13. The number of rotatable bonds is 8. The Labute approximate surface area is 196 Å². The molecule has 0 unspecified atom stereocenters. The molecule has 1 amide bonds. The van der Waals surface area contributed by atoms with Gasteiger partial charge in [0.05, 0.1) is 9.79 Å². The predicted octanol–water partition coefficient (Wildman–Crippen LogP) is 3.06. The number of anilines is 1. The minimum Gasteiger partial charge on any atom is -0.326 e. The van der Waals surface area contributed by atoms with Crippen LogP contribution in [0.3, 0.4) is 0 Å². The Balaban J connectivity index is 1.60. The Bertz CT molecular complexity index is 1170. The number of nitrogens with one attached hydrogen (secondary N) is 1. The first kappa shape index (κ1) is 25.4. The third-order valence-electron chi connectivity index (χ3n) is 5.95. The minimum absolute atomic E-state index is 0.179. The molecular formula is C23H31N3O5S2. The van der Waals surface area contributed by atoms with Gasteiger partial charge in [0, 0.05) is 37.8 Å². The Morgan fingerprint density at radius 2 is 1.42 bits per heavy atom. The fraction of sp³-hybridized carbons (Fsp3) is 0.435. The van der Waals surface area contributed by atoms with Crippen molar-refractivity contribution in [3.63, 3.8) is 0 Å². The number of carbonyl (C=O) groups excluding carboxylic acids is 1. The first-order valence-corrected chi connectivity index (χ1v) is 14.0. The molecule has 0 saturated carbocycles. The zero-order chi connectivity index (χ0) is 24.2. The van der Waals surface area contributed by atoms with E-state index in [4.69, 9.17) is 0 Å². The molecule has 0 bridgehead atoms. The summed E-state index contributed by atoms with van der Waals surface area (Å²) in [6.07, 6.45) is 0.844. The number of hydrogen-bond donors (Lipinski definition) is 1. The zero-order valence-electron chi connectivity index (χ0n) is 19.2. The van der Waals surface area contributed by atoms with E-state index in [1.165, 1.54) is 20.7 Å². The van der Waals surface area contributed by atoms with Gasteiger partial charge < -0.3 is 5.32 Å². The van der Waals surface area contributed by atoms with E-state index in [0.717, 1.165) is 5.56 Å². The smallest absolute Gasteiger partial charge is 0.243 e. The maximum atomic E-state index is 12.8. The largest absolute Gasteiger partial charge is 0.326 e. The third-order valence-corrected chi connectivity index (χ3v) is 9.93. The van der Waals surface area contributed by atoms with Crippen LogP contribution in [0.2, 0.25) is 0 Å². The van der Waals surface area contributed by atoms with E-state index >= 15 is 0 Å². The van der Waals surface area contributed by atoms with Gasteiger partial charge in [-0.3, -0.25) is 4.79 Å². The van der Waals surface area contributed by atoms with Gasteiger partial charge in [0.25, 0.3) is 0 Å². The van der Waals surface area contributed by atoms with Crippen LogP contribution in [-0.4, -0.2) is 57.5 Å². The lowest BCUT2D eigenvalue weighted by Crippen LogP contribution is -2.41. The summed E-state index contributed by atoms with van der Waals surface area (Å²) in [6.45, 7) is 6.79. The van der Waals surface area contributed by atoms with Crippen LogP contribution in [0.1, 0.15) is 32.3 Å². The first-order chi connectivity index (χ1) is 15.6. The number of piperidine rings is 1. The molecule has 0 aromatic heterocycles. The molecule has 33 heavy (non-hydrogen) atoms. The summed E-state index contributed by atoms with van der Waals surface area (Å²) in [5.41, 5.74) is 1.50. The van der Waals surface area contributed by atoms with E-state index in [1.807, 2.05) is 6.92 Å². The van der Waals surface area contributed by atoms with Crippen LogP contribution in [-0.2, 0) is 24.8 Å². The van der Waals surface area contributed by atoms with Gasteiger partial charge in [0.1, 0.15) is 0 Å². The van der Waals surface area contributed by atoms with Crippen molar-refractivity contribution in [1.29, 1.82) is 0 Å². The van der Waals surface area contributed by atoms with Crippen LogP contribution in [0.15, 0.2) is 58.3 Å². The van der Waals surface area contributed by atoms with Crippen molar-refractivity contribution in [1.82, 2.24) is 8.61 Å². The lowest BCUT2D eigenvalue weighted by Gasteiger charge is -2.30. The van der Waals surface area contributed by atoms with Crippen molar-refractivity contribution in [2.24, 2.45) is 5.92 Å². The number of nitrogens with zero attached hydrogens (tertiary/aromatic N) is 2. The second-order valence-corrected chi connectivity index (χ2v) is 12.0. The molecule has 2 aromatic carbocycles. The fourth-order valence-electron chi connectivity index (χ4n) is 3.88. The highest BCUT2D eigenvalue weighted by Gasteiger charge is 2.32.